The van der Waals surface area contributed by atoms with Crippen LogP contribution in [-0.4, -0.2) is 139 Å². The van der Waals surface area contributed by atoms with Crippen molar-refractivity contribution in [3.8, 4) is 40.2 Å². The molecule has 0 aliphatic rings. The molecule has 3 heterocycles. The predicted octanol–water partition coefficient (Wildman–Crippen LogP) is 11.7. The van der Waals surface area contributed by atoms with Gasteiger partial charge < -0.3 is 74.8 Å². The first-order valence-electron chi connectivity index (χ1n) is 27.0. The number of halogens is 1. The number of Topliss-reactive ketones (excluding diaryl/α,β-unsaturated/α-hetero) is 1. The van der Waals surface area contributed by atoms with Crippen molar-refractivity contribution in [3.05, 3.63) is 128 Å². The van der Waals surface area contributed by atoms with Gasteiger partial charge in [0.25, 0.3) is 0 Å². The molecule has 0 aliphatic heterocycles. The van der Waals surface area contributed by atoms with Crippen molar-refractivity contribution in [1.29, 1.82) is 0 Å². The number of nitrogens with two attached hydrogens (primary N) is 3. The average molecular weight is 1340 g/mol. The summed E-state index contributed by atoms with van der Waals surface area (Å²) in [5, 5.41) is 4.39. The van der Waals surface area contributed by atoms with E-state index in [9.17, 15) is 24.0 Å². The number of thiol groups is 1. The number of ether oxygens (including phenoxy) is 9. The molecule has 0 unspecified atom stereocenters. The summed E-state index contributed by atoms with van der Waals surface area (Å²) in [4.78, 5) is 67.2. The summed E-state index contributed by atoms with van der Waals surface area (Å²) in [6, 6.07) is 18.9. The fourth-order valence-corrected chi connectivity index (χ4v) is 11.3. The van der Waals surface area contributed by atoms with Crippen LogP contribution < -0.4 is 46.2 Å². The molecule has 8 rings (SSSR count). The molecule has 3 aromatic heterocycles. The molecule has 8 aromatic rings. The van der Waals surface area contributed by atoms with Crippen molar-refractivity contribution >= 4 is 132 Å². The van der Waals surface area contributed by atoms with E-state index in [2.05, 4.69) is 123 Å². The van der Waals surface area contributed by atoms with Crippen LogP contribution in [-0.2, 0) is 18.9 Å². The van der Waals surface area contributed by atoms with Crippen LogP contribution in [0.4, 0.5) is 11.4 Å². The van der Waals surface area contributed by atoms with Crippen molar-refractivity contribution in [2.24, 2.45) is 10.0 Å². The molecule has 5 aromatic carbocycles. The normalized spacial score (nSPS) is 10.2. The molecule has 1 radical (unpaired) electrons. The minimum absolute atomic E-state index is 0.00859. The molecular weight excluding hydrogens is 1260 g/mol. The number of aromatic nitrogens is 3. The molecule has 0 fully saturated rings. The Bertz CT molecular complexity index is 3730. The Morgan fingerprint density at radius 1 is 0.562 bits per heavy atom. The van der Waals surface area contributed by atoms with Crippen LogP contribution in [0.2, 0.25) is 39.3 Å². The Kier molecular flexibility index (Phi) is 31.1. The summed E-state index contributed by atoms with van der Waals surface area (Å²) < 4.78 is 47.6. The van der Waals surface area contributed by atoms with E-state index in [1.807, 2.05) is 57.4 Å². The number of aryl methyl sites for hydroxylation is 3. The molecule has 0 spiro atoms. The fraction of sp³-hybridized carbons (Fsp3) is 0.317. The first kappa shape index (κ1) is 76.6. The number of benzene rings is 5. The van der Waals surface area contributed by atoms with Crippen LogP contribution in [0.25, 0.3) is 32.7 Å². The number of nitrogen functional groups attached to an aromatic ring is 2. The Balaban J connectivity index is 0.000000367. The van der Waals surface area contributed by atoms with E-state index in [1.54, 1.807) is 56.7 Å². The molecule has 0 saturated carbocycles. The Morgan fingerprint density at radius 2 is 0.933 bits per heavy atom. The quantitative estimate of drug-likeness (QED) is 0.0114. The van der Waals surface area contributed by atoms with E-state index in [0.717, 1.165) is 43.8 Å². The second kappa shape index (κ2) is 36.1. The third kappa shape index (κ3) is 21.7. The van der Waals surface area contributed by atoms with Crippen LogP contribution in [0.1, 0.15) is 75.4 Å². The summed E-state index contributed by atoms with van der Waals surface area (Å²) in [7, 11) is 14.8. The number of carbonyl (C=O) groups is 5. The van der Waals surface area contributed by atoms with Gasteiger partial charge >= 0.3 is 48.6 Å². The molecule has 0 bridgehead atoms. The van der Waals surface area contributed by atoms with E-state index >= 15 is 0 Å². The van der Waals surface area contributed by atoms with Crippen molar-refractivity contribution in [2.75, 3.05) is 82.0 Å². The summed E-state index contributed by atoms with van der Waals surface area (Å²) in [5.41, 5.74) is 29.2. The number of hydrogen-bond donors (Lipinski definition) is 7. The second-order valence-corrected chi connectivity index (χ2v) is 31.8. The van der Waals surface area contributed by atoms with Gasteiger partial charge in [-0.05, 0) is 96.7 Å². The Morgan fingerprint density at radius 3 is 1.31 bits per heavy atom. The molecule has 0 saturated heterocycles. The summed E-state index contributed by atoms with van der Waals surface area (Å²) in [5.74, 6) is 3.59. The zero-order valence-electron chi connectivity index (χ0n) is 54.0. The first-order chi connectivity index (χ1) is 41.9. The number of aromatic amines is 3. The number of methoxy groups -OCH3 is 9. The summed E-state index contributed by atoms with van der Waals surface area (Å²) in [6.45, 7) is 21.6. The van der Waals surface area contributed by atoms with Crippen LogP contribution in [0.5, 0.6) is 28.7 Å². The topological polar surface area (TPSA) is 306 Å². The third-order valence-electron chi connectivity index (χ3n) is 12.7. The molecule has 9 N–H and O–H groups in total. The monoisotopic (exact) mass is 1340 g/mol. The van der Waals surface area contributed by atoms with Gasteiger partial charge in [0.1, 0.15) is 59.1 Å². The standard InChI is InChI=1S/C15H21NO3Si.C12H14N2O2.C12H13NO3.C9H10BrNO3.C9H11NO3.C6H12Si.BHNS/c1-9-10-7-11(15(17)19-3)13(18-2)8-12(10)16-14(9)20(4,5)6;1-7-6-14-10-4-12(16-2)9(3-8(7)10)11(15)5-13;1-7-6-13-10-5-11(15-2)9(4-8(7)10)12(14)16-3;1-13-8-4-7(11)6(10)3-5(8)9(12)14-2;1-12-8-5-6(10)3-4-7(8)9(11)13-2;1-5-6-7(2,3)4;1-2-3/h7-8,16H,1-6H3;3-4,6,14H,5,13H2,1-2H3;4-6,13H,1-3H3;3-4H,11H2,1-2H3;3-5H,10H2,1-2H3;1-4H3;3H. The Labute approximate surface area is 537 Å². The zero-order chi connectivity index (χ0) is 67.7. The molecule has 21 nitrogen and oxygen atoms in total. The van der Waals surface area contributed by atoms with E-state index in [4.69, 9.17) is 50.4 Å². The SMILES string of the molecule is CC#C[Si](C)(C)C.COC(=O)c1cc(Br)c(N)cc1OC.COC(=O)c1cc2c(C)c([Si](C)(C)C)[nH]c2cc1OC.COC(=O)c1cc2c(C)c[nH]c2cc1OC.COC(=O)c1ccc(N)cc1OC.COc1cc2[nH]cc(C)c2cc1C(=O)CN.[B]=NS. The van der Waals surface area contributed by atoms with Crippen molar-refractivity contribution in [3.63, 3.8) is 0 Å². The van der Waals surface area contributed by atoms with E-state index in [1.165, 1.54) is 60.6 Å². The van der Waals surface area contributed by atoms with Crippen LogP contribution >= 0.6 is 28.7 Å². The Hall–Kier alpha value is -8.48. The van der Waals surface area contributed by atoms with Gasteiger partial charge in [0.2, 0.25) is 0 Å². The minimum atomic E-state index is -1.45. The number of ketones is 1. The third-order valence-corrected chi connectivity index (χ3v) is 16.4. The molecule has 0 aliphatic carbocycles. The summed E-state index contributed by atoms with van der Waals surface area (Å²) >= 11 is 6.41. The van der Waals surface area contributed by atoms with Gasteiger partial charge in [0, 0.05) is 96.6 Å². The van der Waals surface area contributed by atoms with Gasteiger partial charge in [-0.1, -0.05) is 39.3 Å². The zero-order valence-corrected chi connectivity index (χ0v) is 58.5. The summed E-state index contributed by atoms with van der Waals surface area (Å²) in [6.07, 6.45) is 3.80. The molecule has 0 amide bonds. The van der Waals surface area contributed by atoms with Crippen molar-refractivity contribution in [1.82, 2.24) is 15.0 Å². The maximum absolute atomic E-state index is 11.8. The number of nitrogens with zero attached hydrogens (tertiary/aromatic N) is 1. The molecule has 89 heavy (non-hydrogen) atoms. The van der Waals surface area contributed by atoms with Gasteiger partial charge in [-0.3, -0.25) is 4.79 Å². The molecular formula is C63H82BBrN7O14SSi2. The number of fused-ring (bicyclic) bond motifs is 3. The van der Waals surface area contributed by atoms with Gasteiger partial charge in [-0.15, -0.1) is 11.5 Å². The number of anilines is 2. The maximum atomic E-state index is 11.8. The molecule has 0 atom stereocenters. The number of H-pyrrole nitrogens is 3. The van der Waals surface area contributed by atoms with Crippen molar-refractivity contribution in [2.45, 2.75) is 67.0 Å². The average Bonchev–Trinajstić information content (AvgIpc) is 1.77. The van der Waals surface area contributed by atoms with Gasteiger partial charge in [0.15, 0.2) is 5.78 Å². The van der Waals surface area contributed by atoms with Crippen LogP contribution in [0.3, 0.4) is 0 Å². The van der Waals surface area contributed by atoms with E-state index in [0.29, 0.717) is 72.4 Å². The molecule has 26 heteroatoms. The number of carbonyl (C=O) groups excluding carboxylic acids is 5. The second-order valence-electron chi connectivity index (χ2n) is 21.0. The van der Waals surface area contributed by atoms with Gasteiger partial charge in [-0.25, -0.2) is 19.2 Å². The number of hydrogen-bond acceptors (Lipinski definition) is 19. The number of rotatable bonds is 12. The van der Waals surface area contributed by atoms with Gasteiger partial charge in [-0.2, -0.15) is 0 Å². The van der Waals surface area contributed by atoms with E-state index < -0.39 is 28.1 Å². The fourth-order valence-electron chi connectivity index (χ4n) is 8.43. The van der Waals surface area contributed by atoms with Gasteiger partial charge in [0.05, 0.1) is 84.2 Å². The van der Waals surface area contributed by atoms with Crippen molar-refractivity contribution < 1.29 is 66.6 Å². The molecule has 477 valence electrons. The number of esters is 4. The van der Waals surface area contributed by atoms with E-state index in [-0.39, 0.29) is 24.3 Å². The number of nitrogens with one attached hydrogen (secondary N) is 3. The predicted molar refractivity (Wildman–Crippen MR) is 367 cm³/mol. The van der Waals surface area contributed by atoms with Crippen LogP contribution in [0, 0.1) is 32.2 Å². The van der Waals surface area contributed by atoms with Crippen LogP contribution in [0.15, 0.2) is 87.9 Å². The first-order valence-corrected chi connectivity index (χ1v) is 35.2.